The van der Waals surface area contributed by atoms with Crippen molar-refractivity contribution in [2.45, 2.75) is 24.5 Å². The lowest BCUT2D eigenvalue weighted by Gasteiger charge is -2.20. The van der Waals surface area contributed by atoms with Gasteiger partial charge in [0, 0.05) is 18.0 Å². The molecule has 2 atom stereocenters. The van der Waals surface area contributed by atoms with Gasteiger partial charge in [-0.1, -0.05) is 33.8 Å². The summed E-state index contributed by atoms with van der Waals surface area (Å²) in [7, 11) is 0. The minimum Gasteiger partial charge on any atom is -0.389 e. The predicted octanol–water partition coefficient (Wildman–Crippen LogP) is 2.13. The maximum atomic E-state index is 10.9. The van der Waals surface area contributed by atoms with Gasteiger partial charge in [-0.05, 0) is 23.3 Å². The summed E-state index contributed by atoms with van der Waals surface area (Å²) in [5, 5.41) is 29.3. The largest absolute Gasteiger partial charge is 0.389 e. The van der Waals surface area contributed by atoms with Crippen molar-refractivity contribution in [3.63, 3.8) is 0 Å². The first kappa shape index (κ1) is 16.2. The number of nitriles is 1. The van der Waals surface area contributed by atoms with Crippen molar-refractivity contribution >= 4 is 32.8 Å². The Morgan fingerprint density at radius 2 is 2.21 bits per heavy atom. The molecule has 0 amide bonds. The van der Waals surface area contributed by atoms with Gasteiger partial charge in [-0.3, -0.25) is 4.79 Å². The van der Waals surface area contributed by atoms with E-state index in [1.165, 1.54) is 6.92 Å². The topological polar surface area (TPSA) is 81.3 Å². The lowest BCUT2D eigenvalue weighted by atomic mass is 9.98. The number of halogens is 1. The molecule has 2 N–H and O–H groups in total. The van der Waals surface area contributed by atoms with Crippen molar-refractivity contribution in [2.24, 2.45) is 0 Å². The van der Waals surface area contributed by atoms with Gasteiger partial charge >= 0.3 is 0 Å². The highest BCUT2D eigenvalue weighted by Gasteiger charge is 2.22. The summed E-state index contributed by atoms with van der Waals surface area (Å²) >= 11 is 4.26. The van der Waals surface area contributed by atoms with Gasteiger partial charge in [0.15, 0.2) is 5.12 Å². The molecular formula is C13H14BrNO3S. The molecule has 0 aromatic heterocycles. The number of aliphatic hydroxyl groups excluding tert-OH is 2. The van der Waals surface area contributed by atoms with E-state index in [4.69, 9.17) is 5.26 Å². The Hall–Kier alpha value is -0.870. The molecule has 0 bridgehead atoms. The number of hydrogen-bond acceptors (Lipinski definition) is 5. The van der Waals surface area contributed by atoms with E-state index < -0.39 is 12.2 Å². The van der Waals surface area contributed by atoms with Crippen LogP contribution in [-0.4, -0.2) is 27.2 Å². The Labute approximate surface area is 124 Å². The summed E-state index contributed by atoms with van der Waals surface area (Å²) in [6.45, 7) is 1.41. The summed E-state index contributed by atoms with van der Waals surface area (Å²) in [6.07, 6.45) is -2.17. The van der Waals surface area contributed by atoms with Crippen LogP contribution < -0.4 is 0 Å². The SMILES string of the molecule is CC(=O)SCC(O)C(O)c1cc(C#N)ccc1CBr. The van der Waals surface area contributed by atoms with Gasteiger partial charge in [0.1, 0.15) is 6.10 Å². The second-order valence-corrected chi connectivity index (χ2v) is 5.73. The fourth-order valence-corrected chi connectivity index (χ4v) is 2.66. The van der Waals surface area contributed by atoms with Crippen molar-refractivity contribution in [3.05, 3.63) is 34.9 Å². The van der Waals surface area contributed by atoms with E-state index in [1.54, 1.807) is 18.2 Å². The lowest BCUT2D eigenvalue weighted by molar-refractivity contribution is -0.109. The van der Waals surface area contributed by atoms with Crippen molar-refractivity contribution in [3.8, 4) is 6.07 Å². The molecule has 19 heavy (non-hydrogen) atoms. The molecule has 0 radical (unpaired) electrons. The van der Waals surface area contributed by atoms with E-state index >= 15 is 0 Å². The molecule has 0 fully saturated rings. The predicted molar refractivity (Wildman–Crippen MR) is 77.9 cm³/mol. The average molecular weight is 344 g/mol. The number of benzene rings is 1. The van der Waals surface area contributed by atoms with E-state index in [9.17, 15) is 15.0 Å². The molecule has 0 aliphatic carbocycles. The zero-order valence-electron chi connectivity index (χ0n) is 10.3. The first-order valence-electron chi connectivity index (χ1n) is 5.58. The number of nitrogens with zero attached hydrogens (tertiary/aromatic N) is 1. The van der Waals surface area contributed by atoms with Crippen molar-refractivity contribution in [1.29, 1.82) is 5.26 Å². The Kier molecular flexibility index (Phi) is 6.52. The highest BCUT2D eigenvalue weighted by Crippen LogP contribution is 2.26. The highest BCUT2D eigenvalue weighted by molar-refractivity contribution is 9.08. The molecule has 102 valence electrons. The molecule has 0 saturated heterocycles. The maximum absolute atomic E-state index is 10.9. The maximum Gasteiger partial charge on any atom is 0.185 e. The number of thioether (sulfide) groups is 1. The number of carbonyl (C=O) groups excluding carboxylic acids is 1. The van der Waals surface area contributed by atoms with Crippen LogP contribution in [0.3, 0.4) is 0 Å². The molecule has 0 heterocycles. The molecule has 6 heteroatoms. The molecule has 4 nitrogen and oxygen atoms in total. The molecular weight excluding hydrogens is 330 g/mol. The van der Waals surface area contributed by atoms with E-state index in [2.05, 4.69) is 15.9 Å². The van der Waals surface area contributed by atoms with Crippen LogP contribution in [0.25, 0.3) is 0 Å². The smallest absolute Gasteiger partial charge is 0.185 e. The van der Waals surface area contributed by atoms with Gasteiger partial charge in [0.2, 0.25) is 0 Å². The Morgan fingerprint density at radius 3 is 2.74 bits per heavy atom. The fraction of sp³-hybridized carbons (Fsp3) is 0.385. The van der Waals surface area contributed by atoms with Crippen LogP contribution in [0.2, 0.25) is 0 Å². The van der Waals surface area contributed by atoms with Gasteiger partial charge in [-0.25, -0.2) is 0 Å². The number of hydrogen-bond donors (Lipinski definition) is 2. The Morgan fingerprint density at radius 1 is 1.53 bits per heavy atom. The quantitative estimate of drug-likeness (QED) is 0.800. The second-order valence-electron chi connectivity index (χ2n) is 3.97. The Balaban J connectivity index is 2.93. The molecule has 1 rings (SSSR count). The summed E-state index contributed by atoms with van der Waals surface area (Å²) in [5.41, 5.74) is 1.73. The van der Waals surface area contributed by atoms with Crippen molar-refractivity contribution in [2.75, 3.05) is 5.75 Å². The summed E-state index contributed by atoms with van der Waals surface area (Å²) in [4.78, 5) is 10.9. The van der Waals surface area contributed by atoms with Crippen LogP contribution in [-0.2, 0) is 10.1 Å². The van der Waals surface area contributed by atoms with E-state index in [0.717, 1.165) is 17.3 Å². The molecule has 0 aliphatic heterocycles. The van der Waals surface area contributed by atoms with Crippen LogP contribution in [0.15, 0.2) is 18.2 Å². The molecule has 0 saturated carbocycles. The lowest BCUT2D eigenvalue weighted by Crippen LogP contribution is -2.22. The third-order valence-corrected chi connectivity index (χ3v) is 4.08. The Bertz CT molecular complexity index is 501. The first-order chi connectivity index (χ1) is 8.99. The van der Waals surface area contributed by atoms with Gasteiger partial charge in [-0.2, -0.15) is 5.26 Å². The van der Waals surface area contributed by atoms with Crippen LogP contribution in [0.1, 0.15) is 29.7 Å². The minimum absolute atomic E-state index is 0.113. The molecule has 0 aliphatic rings. The molecule has 0 spiro atoms. The zero-order chi connectivity index (χ0) is 14.4. The molecule has 2 unspecified atom stereocenters. The van der Waals surface area contributed by atoms with Crippen molar-refractivity contribution in [1.82, 2.24) is 0 Å². The minimum atomic E-state index is -1.12. The first-order valence-corrected chi connectivity index (χ1v) is 7.68. The van der Waals surface area contributed by atoms with Crippen LogP contribution in [0, 0.1) is 11.3 Å². The molecule has 1 aromatic carbocycles. The van der Waals surface area contributed by atoms with Gasteiger partial charge in [-0.15, -0.1) is 0 Å². The third kappa shape index (κ3) is 4.62. The second kappa shape index (κ2) is 7.65. The number of aliphatic hydroxyl groups is 2. The highest BCUT2D eigenvalue weighted by atomic mass is 79.9. The number of carbonyl (C=O) groups is 1. The van der Waals surface area contributed by atoms with E-state index in [-0.39, 0.29) is 10.9 Å². The van der Waals surface area contributed by atoms with E-state index in [0.29, 0.717) is 16.5 Å². The monoisotopic (exact) mass is 343 g/mol. The normalized spacial score (nSPS) is 13.6. The van der Waals surface area contributed by atoms with E-state index in [1.807, 2.05) is 6.07 Å². The third-order valence-electron chi connectivity index (χ3n) is 2.56. The number of rotatable bonds is 5. The molecule has 1 aromatic rings. The summed E-state index contributed by atoms with van der Waals surface area (Å²) in [5.74, 6) is 0.120. The zero-order valence-corrected chi connectivity index (χ0v) is 12.7. The van der Waals surface area contributed by atoms with Gasteiger partial charge in [0.25, 0.3) is 0 Å². The van der Waals surface area contributed by atoms with Crippen LogP contribution >= 0.6 is 27.7 Å². The average Bonchev–Trinajstić information content (AvgIpc) is 2.42. The van der Waals surface area contributed by atoms with Crippen LogP contribution in [0.5, 0.6) is 0 Å². The standard InChI is InChI=1S/C13H14BrNO3S/c1-8(16)19-7-12(17)13(18)11-4-9(6-15)2-3-10(11)5-14/h2-4,12-13,17-18H,5,7H2,1H3. The van der Waals surface area contributed by atoms with Gasteiger partial charge < -0.3 is 10.2 Å². The number of alkyl halides is 1. The summed E-state index contributed by atoms with van der Waals surface area (Å²) < 4.78 is 0. The van der Waals surface area contributed by atoms with Crippen molar-refractivity contribution < 1.29 is 15.0 Å². The van der Waals surface area contributed by atoms with Crippen LogP contribution in [0.4, 0.5) is 0 Å². The summed E-state index contributed by atoms with van der Waals surface area (Å²) in [6, 6.07) is 6.94. The fourth-order valence-electron chi connectivity index (χ4n) is 1.56. The van der Waals surface area contributed by atoms with Gasteiger partial charge in [0.05, 0.1) is 17.7 Å².